The second-order valence-electron chi connectivity index (χ2n) is 7.59. The highest BCUT2D eigenvalue weighted by Crippen LogP contribution is 2.11. The van der Waals surface area contributed by atoms with Crippen LogP contribution in [-0.4, -0.2) is 50.6 Å². The number of ether oxygens (including phenoxy) is 1. The number of rotatable bonds is 5. The van der Waals surface area contributed by atoms with Crippen molar-refractivity contribution in [2.75, 3.05) is 13.6 Å². The Hall–Kier alpha value is -2.15. The molecule has 7 nitrogen and oxygen atoms in total. The number of carbonyl (C=O) groups is 1. The Morgan fingerprint density at radius 1 is 1.36 bits per heavy atom. The lowest BCUT2D eigenvalue weighted by Gasteiger charge is -2.25. The van der Waals surface area contributed by atoms with Crippen LogP contribution in [0.25, 0.3) is 5.78 Å². The molecule has 0 radical (unpaired) electrons. The van der Waals surface area contributed by atoms with Gasteiger partial charge in [-0.15, -0.1) is 0 Å². The third kappa shape index (κ3) is 5.42. The van der Waals surface area contributed by atoms with Crippen LogP contribution in [0.1, 0.15) is 44.8 Å². The molecule has 0 fully saturated rings. The number of alkyl carbamates (subject to hydrolysis) is 1. The molecule has 7 heteroatoms. The molecule has 1 amide bonds. The summed E-state index contributed by atoms with van der Waals surface area (Å²) in [5, 5.41) is 2.81. The van der Waals surface area contributed by atoms with Gasteiger partial charge >= 0.3 is 6.09 Å². The molecule has 0 unspecified atom stereocenters. The van der Waals surface area contributed by atoms with Gasteiger partial charge < -0.3 is 10.1 Å². The van der Waals surface area contributed by atoms with Crippen LogP contribution in [0.3, 0.4) is 0 Å². The maximum absolute atomic E-state index is 11.8. The minimum Gasteiger partial charge on any atom is -0.444 e. The van der Waals surface area contributed by atoms with Crippen LogP contribution in [0.4, 0.5) is 4.79 Å². The summed E-state index contributed by atoms with van der Waals surface area (Å²) >= 11 is 0. The lowest BCUT2D eigenvalue weighted by molar-refractivity contribution is 0.0512. The van der Waals surface area contributed by atoms with Gasteiger partial charge in [0.15, 0.2) is 0 Å². The zero-order valence-corrected chi connectivity index (χ0v) is 16.3. The SMILES string of the molecule is Cc1cc(C)n2cc(CN(C)[C@H](C)CNC(=O)OC(C)(C)C)nc2n1. The van der Waals surface area contributed by atoms with E-state index in [1.165, 1.54) is 0 Å². The van der Waals surface area contributed by atoms with Gasteiger partial charge in [0, 0.05) is 36.7 Å². The molecule has 2 aromatic heterocycles. The lowest BCUT2D eigenvalue weighted by Crippen LogP contribution is -2.41. The highest BCUT2D eigenvalue weighted by Gasteiger charge is 2.18. The standard InChI is InChI=1S/C18H29N5O2/c1-12-8-13(2)23-11-15(21-16(23)20-12)10-22(7)14(3)9-19-17(24)25-18(4,5)6/h8,11,14H,9-10H2,1-7H3,(H,19,24)/t14-/m1/s1. The van der Waals surface area contributed by atoms with Gasteiger partial charge in [-0.1, -0.05) is 0 Å². The summed E-state index contributed by atoms with van der Waals surface area (Å²) in [6.07, 6.45) is 1.62. The number of hydrogen-bond acceptors (Lipinski definition) is 5. The van der Waals surface area contributed by atoms with Crippen molar-refractivity contribution in [1.29, 1.82) is 0 Å². The van der Waals surface area contributed by atoms with Crippen LogP contribution in [0.2, 0.25) is 0 Å². The Kier molecular flexibility index (Phi) is 5.67. The van der Waals surface area contributed by atoms with Gasteiger partial charge in [-0.2, -0.15) is 0 Å². The monoisotopic (exact) mass is 347 g/mol. The molecule has 2 aromatic rings. The largest absolute Gasteiger partial charge is 0.444 e. The average Bonchev–Trinajstić information content (AvgIpc) is 2.85. The molecule has 0 saturated carbocycles. The first-order chi connectivity index (χ1) is 11.5. The molecular weight excluding hydrogens is 318 g/mol. The normalized spacial score (nSPS) is 13.3. The summed E-state index contributed by atoms with van der Waals surface area (Å²) in [5.41, 5.74) is 2.54. The third-order valence-electron chi connectivity index (χ3n) is 3.92. The maximum atomic E-state index is 11.8. The molecule has 0 bridgehead atoms. The Bertz CT molecular complexity index is 748. The van der Waals surface area contributed by atoms with E-state index in [1.807, 2.05) is 58.3 Å². The molecule has 0 aliphatic rings. The summed E-state index contributed by atoms with van der Waals surface area (Å²) in [6, 6.07) is 2.18. The third-order valence-corrected chi connectivity index (χ3v) is 3.92. The molecule has 2 rings (SSSR count). The number of hydrogen-bond donors (Lipinski definition) is 1. The summed E-state index contributed by atoms with van der Waals surface area (Å²) in [7, 11) is 2.01. The van der Waals surface area contributed by atoms with Crippen LogP contribution in [0.15, 0.2) is 12.3 Å². The van der Waals surface area contributed by atoms with E-state index in [0.717, 1.165) is 22.9 Å². The molecule has 0 spiro atoms. The Balaban J connectivity index is 1.94. The van der Waals surface area contributed by atoms with Crippen molar-refractivity contribution < 1.29 is 9.53 Å². The van der Waals surface area contributed by atoms with Crippen LogP contribution in [0, 0.1) is 13.8 Å². The summed E-state index contributed by atoms with van der Waals surface area (Å²) in [5.74, 6) is 0.723. The predicted octanol–water partition coefficient (Wildman–Crippen LogP) is 2.69. The second kappa shape index (κ2) is 7.39. The van der Waals surface area contributed by atoms with Gasteiger partial charge in [0.1, 0.15) is 5.60 Å². The zero-order chi connectivity index (χ0) is 18.8. The van der Waals surface area contributed by atoms with Gasteiger partial charge in [-0.3, -0.25) is 9.30 Å². The van der Waals surface area contributed by atoms with Crippen molar-refractivity contribution in [2.24, 2.45) is 0 Å². The number of aromatic nitrogens is 3. The molecule has 1 atom stereocenters. The van der Waals surface area contributed by atoms with Crippen molar-refractivity contribution in [2.45, 2.75) is 59.7 Å². The van der Waals surface area contributed by atoms with Gasteiger partial charge in [0.25, 0.3) is 0 Å². The summed E-state index contributed by atoms with van der Waals surface area (Å²) in [6.45, 7) is 12.8. The minimum atomic E-state index is -0.487. The molecule has 0 aliphatic carbocycles. The van der Waals surface area contributed by atoms with Crippen LogP contribution >= 0.6 is 0 Å². The van der Waals surface area contributed by atoms with Gasteiger partial charge in [0.05, 0.1) is 5.69 Å². The topological polar surface area (TPSA) is 71.8 Å². The quantitative estimate of drug-likeness (QED) is 0.900. The van der Waals surface area contributed by atoms with Crippen LogP contribution < -0.4 is 5.32 Å². The summed E-state index contributed by atoms with van der Waals surface area (Å²) < 4.78 is 7.26. The predicted molar refractivity (Wildman–Crippen MR) is 97.6 cm³/mol. The molecule has 25 heavy (non-hydrogen) atoms. The van der Waals surface area contributed by atoms with Crippen molar-refractivity contribution in [3.63, 3.8) is 0 Å². The van der Waals surface area contributed by atoms with E-state index in [2.05, 4.69) is 27.1 Å². The lowest BCUT2D eigenvalue weighted by atomic mass is 10.2. The number of carbonyl (C=O) groups excluding carboxylic acids is 1. The van der Waals surface area contributed by atoms with E-state index < -0.39 is 11.7 Å². The van der Waals surface area contributed by atoms with E-state index in [-0.39, 0.29) is 6.04 Å². The van der Waals surface area contributed by atoms with Crippen LogP contribution in [0.5, 0.6) is 0 Å². The fourth-order valence-corrected chi connectivity index (χ4v) is 2.51. The summed E-state index contributed by atoms with van der Waals surface area (Å²) in [4.78, 5) is 23.0. The van der Waals surface area contributed by atoms with Crippen LogP contribution in [-0.2, 0) is 11.3 Å². The maximum Gasteiger partial charge on any atom is 0.407 e. The Labute approximate surface area is 149 Å². The van der Waals surface area contributed by atoms with E-state index in [0.29, 0.717) is 13.1 Å². The first-order valence-electron chi connectivity index (χ1n) is 8.54. The second-order valence-corrected chi connectivity index (χ2v) is 7.59. The molecule has 138 valence electrons. The Morgan fingerprint density at radius 3 is 2.68 bits per heavy atom. The molecule has 1 N–H and O–H groups in total. The fourth-order valence-electron chi connectivity index (χ4n) is 2.51. The molecule has 0 saturated heterocycles. The smallest absolute Gasteiger partial charge is 0.407 e. The van der Waals surface area contributed by atoms with E-state index in [1.54, 1.807) is 0 Å². The first-order valence-corrected chi connectivity index (χ1v) is 8.54. The van der Waals surface area contributed by atoms with Gasteiger partial charge in [-0.05, 0) is 54.7 Å². The highest BCUT2D eigenvalue weighted by molar-refractivity contribution is 5.67. The van der Waals surface area contributed by atoms with Crippen molar-refractivity contribution >= 4 is 11.9 Å². The number of fused-ring (bicyclic) bond motifs is 1. The minimum absolute atomic E-state index is 0.146. The van der Waals surface area contributed by atoms with Crippen molar-refractivity contribution in [1.82, 2.24) is 24.6 Å². The number of imidazole rings is 1. The molecule has 0 aliphatic heterocycles. The highest BCUT2D eigenvalue weighted by atomic mass is 16.6. The van der Waals surface area contributed by atoms with Crippen molar-refractivity contribution in [3.8, 4) is 0 Å². The van der Waals surface area contributed by atoms with E-state index in [4.69, 9.17) is 4.74 Å². The number of likely N-dealkylation sites (N-methyl/N-ethyl adjacent to an activating group) is 1. The van der Waals surface area contributed by atoms with Gasteiger partial charge in [0.2, 0.25) is 5.78 Å². The molecule has 2 heterocycles. The van der Waals surface area contributed by atoms with Crippen molar-refractivity contribution in [3.05, 3.63) is 29.3 Å². The number of aryl methyl sites for hydroxylation is 2. The first kappa shape index (κ1) is 19.2. The van der Waals surface area contributed by atoms with Gasteiger partial charge in [-0.25, -0.2) is 14.8 Å². The van der Waals surface area contributed by atoms with E-state index in [9.17, 15) is 4.79 Å². The Morgan fingerprint density at radius 2 is 2.04 bits per heavy atom. The number of nitrogens with one attached hydrogen (secondary N) is 1. The number of nitrogens with zero attached hydrogens (tertiary/aromatic N) is 4. The average molecular weight is 347 g/mol. The molecular formula is C18H29N5O2. The zero-order valence-electron chi connectivity index (χ0n) is 16.3. The molecule has 0 aromatic carbocycles. The number of amides is 1. The van der Waals surface area contributed by atoms with E-state index >= 15 is 0 Å². The fraction of sp³-hybridized carbons (Fsp3) is 0.611.